The lowest BCUT2D eigenvalue weighted by atomic mass is 10.2. The van der Waals surface area contributed by atoms with E-state index in [1.807, 2.05) is 12.1 Å². The Morgan fingerprint density at radius 1 is 1.11 bits per heavy atom. The van der Waals surface area contributed by atoms with E-state index in [1.165, 1.54) is 9.44 Å². The second-order valence-electron chi connectivity index (χ2n) is 6.88. The van der Waals surface area contributed by atoms with Crippen molar-refractivity contribution in [2.75, 3.05) is 0 Å². The molecule has 0 radical (unpaired) electrons. The second kappa shape index (κ2) is 6.72. The fraction of sp³-hybridized carbons (Fsp3) is 0.190. The van der Waals surface area contributed by atoms with Gasteiger partial charge in [0.25, 0.3) is 5.56 Å². The van der Waals surface area contributed by atoms with Crippen LogP contribution in [0.2, 0.25) is 5.02 Å². The van der Waals surface area contributed by atoms with E-state index in [2.05, 4.69) is 4.98 Å². The van der Waals surface area contributed by atoms with E-state index in [1.54, 1.807) is 52.6 Å². The van der Waals surface area contributed by atoms with Gasteiger partial charge in [0.1, 0.15) is 4.83 Å². The van der Waals surface area contributed by atoms with Crippen LogP contribution in [0.5, 0.6) is 0 Å². The van der Waals surface area contributed by atoms with Crippen molar-refractivity contribution in [3.63, 3.8) is 0 Å². The minimum atomic E-state index is -0.344. The van der Waals surface area contributed by atoms with Crippen molar-refractivity contribution in [3.8, 4) is 5.69 Å². The molecule has 0 saturated carbocycles. The summed E-state index contributed by atoms with van der Waals surface area (Å²) in [5.41, 5.74) is 1.96. The zero-order chi connectivity index (χ0) is 19.3. The summed E-state index contributed by atoms with van der Waals surface area (Å²) >= 11 is 7.57. The van der Waals surface area contributed by atoms with Crippen LogP contribution >= 0.6 is 22.9 Å². The van der Waals surface area contributed by atoms with Crippen molar-refractivity contribution in [2.24, 2.45) is 0 Å². The molecular weight excluding hydrogens is 394 g/mol. The number of halogens is 1. The quantitative estimate of drug-likeness (QED) is 0.517. The van der Waals surface area contributed by atoms with Gasteiger partial charge in [0.05, 0.1) is 17.6 Å². The van der Waals surface area contributed by atoms with Crippen LogP contribution in [-0.2, 0) is 19.4 Å². The normalized spacial score (nSPS) is 13.2. The van der Waals surface area contributed by atoms with Crippen LogP contribution in [0, 0.1) is 0 Å². The number of rotatable bonds is 3. The van der Waals surface area contributed by atoms with Crippen LogP contribution in [0.15, 0.2) is 58.4 Å². The van der Waals surface area contributed by atoms with Crippen molar-refractivity contribution in [3.05, 3.63) is 90.7 Å². The molecule has 3 aromatic heterocycles. The first-order chi connectivity index (χ1) is 13.6. The van der Waals surface area contributed by atoms with Gasteiger partial charge in [-0.25, -0.2) is 9.36 Å². The summed E-state index contributed by atoms with van der Waals surface area (Å²) < 4.78 is 2.96. The maximum absolute atomic E-state index is 13.4. The lowest BCUT2D eigenvalue weighted by Gasteiger charge is -2.13. The third-order valence-corrected chi connectivity index (χ3v) is 6.70. The van der Waals surface area contributed by atoms with Gasteiger partial charge in [-0.1, -0.05) is 17.7 Å². The molecule has 3 heterocycles. The lowest BCUT2D eigenvalue weighted by Crippen LogP contribution is -2.39. The van der Waals surface area contributed by atoms with Gasteiger partial charge in [-0.3, -0.25) is 14.3 Å². The van der Waals surface area contributed by atoms with Gasteiger partial charge in [0, 0.05) is 22.3 Å². The summed E-state index contributed by atoms with van der Waals surface area (Å²) in [6.45, 7) is 0.371. The van der Waals surface area contributed by atoms with E-state index in [4.69, 9.17) is 11.6 Å². The molecule has 0 saturated heterocycles. The highest BCUT2D eigenvalue weighted by Crippen LogP contribution is 2.35. The highest BCUT2D eigenvalue weighted by Gasteiger charge is 2.25. The Labute approximate surface area is 169 Å². The molecule has 1 aromatic carbocycles. The van der Waals surface area contributed by atoms with Crippen LogP contribution in [0.3, 0.4) is 0 Å². The van der Waals surface area contributed by atoms with Gasteiger partial charge >= 0.3 is 5.69 Å². The predicted octanol–water partition coefficient (Wildman–Crippen LogP) is 3.80. The summed E-state index contributed by atoms with van der Waals surface area (Å²) in [5, 5.41) is 1.24. The molecule has 28 heavy (non-hydrogen) atoms. The van der Waals surface area contributed by atoms with E-state index in [0.717, 1.165) is 35.2 Å². The van der Waals surface area contributed by atoms with E-state index < -0.39 is 0 Å². The largest absolute Gasteiger partial charge is 0.337 e. The molecule has 0 bridgehead atoms. The predicted molar refractivity (Wildman–Crippen MR) is 112 cm³/mol. The Hall–Kier alpha value is -2.70. The van der Waals surface area contributed by atoms with Crippen LogP contribution in [0.25, 0.3) is 15.9 Å². The second-order valence-corrected chi connectivity index (χ2v) is 8.40. The Bertz CT molecular complexity index is 1300. The number of aryl methyl sites for hydroxylation is 2. The lowest BCUT2D eigenvalue weighted by molar-refractivity contribution is 0.716. The molecule has 0 N–H and O–H groups in total. The Morgan fingerprint density at radius 3 is 2.68 bits per heavy atom. The summed E-state index contributed by atoms with van der Waals surface area (Å²) in [5.74, 6) is 0. The number of hydrogen-bond donors (Lipinski definition) is 0. The molecule has 5 nitrogen and oxygen atoms in total. The molecule has 0 atom stereocenters. The zero-order valence-electron chi connectivity index (χ0n) is 14.9. The molecule has 1 aliphatic carbocycles. The van der Waals surface area contributed by atoms with Crippen molar-refractivity contribution >= 4 is 33.2 Å². The monoisotopic (exact) mass is 409 g/mol. The molecule has 7 heteroatoms. The number of thiophene rings is 1. The Kier molecular flexibility index (Phi) is 4.18. The van der Waals surface area contributed by atoms with Crippen molar-refractivity contribution in [1.82, 2.24) is 14.1 Å². The average molecular weight is 410 g/mol. The first-order valence-electron chi connectivity index (χ1n) is 9.08. The van der Waals surface area contributed by atoms with Gasteiger partial charge in [-0.05, 0) is 60.7 Å². The van der Waals surface area contributed by atoms with E-state index in [-0.39, 0.29) is 11.2 Å². The number of pyridine rings is 1. The van der Waals surface area contributed by atoms with Crippen LogP contribution in [-0.4, -0.2) is 14.1 Å². The van der Waals surface area contributed by atoms with Crippen molar-refractivity contribution in [1.29, 1.82) is 0 Å². The number of hydrogen-bond acceptors (Lipinski definition) is 4. The highest BCUT2D eigenvalue weighted by molar-refractivity contribution is 7.18. The minimum Gasteiger partial charge on any atom is -0.279 e. The molecule has 0 fully saturated rings. The first kappa shape index (κ1) is 17.4. The maximum atomic E-state index is 13.4. The van der Waals surface area contributed by atoms with Gasteiger partial charge in [0.2, 0.25) is 0 Å². The van der Waals surface area contributed by atoms with Gasteiger partial charge in [-0.2, -0.15) is 0 Å². The molecule has 0 aliphatic heterocycles. The van der Waals surface area contributed by atoms with Gasteiger partial charge < -0.3 is 0 Å². The fourth-order valence-electron chi connectivity index (χ4n) is 3.84. The highest BCUT2D eigenvalue weighted by atomic mass is 35.5. The minimum absolute atomic E-state index is 0.246. The molecule has 140 valence electrons. The molecule has 5 rings (SSSR count). The summed E-state index contributed by atoms with van der Waals surface area (Å²) in [4.78, 5) is 32.9. The van der Waals surface area contributed by atoms with Crippen molar-refractivity contribution < 1.29 is 0 Å². The molecule has 4 aromatic rings. The number of aromatic nitrogens is 3. The van der Waals surface area contributed by atoms with Crippen molar-refractivity contribution in [2.45, 2.75) is 25.8 Å². The average Bonchev–Trinajstić information content (AvgIpc) is 3.29. The van der Waals surface area contributed by atoms with Gasteiger partial charge in [0.15, 0.2) is 0 Å². The third kappa shape index (κ3) is 2.72. The smallest absolute Gasteiger partial charge is 0.279 e. The Morgan fingerprint density at radius 2 is 1.93 bits per heavy atom. The zero-order valence-corrected chi connectivity index (χ0v) is 16.5. The van der Waals surface area contributed by atoms with E-state index in [9.17, 15) is 9.59 Å². The number of nitrogens with zero attached hydrogens (tertiary/aromatic N) is 3. The number of benzene rings is 1. The molecular formula is C21H16ClN3O2S. The Balaban J connectivity index is 1.84. The summed E-state index contributed by atoms with van der Waals surface area (Å²) in [6, 6.07) is 10.6. The molecule has 0 spiro atoms. The van der Waals surface area contributed by atoms with Crippen LogP contribution in [0.4, 0.5) is 0 Å². The fourth-order valence-corrected chi connectivity index (χ4v) is 5.34. The maximum Gasteiger partial charge on any atom is 0.337 e. The SMILES string of the molecule is O=c1c2c3c(sc2n(Cc2cccnc2)c(=O)n1-c1ccc(Cl)cc1)CCC3. The first-order valence-corrected chi connectivity index (χ1v) is 10.3. The summed E-state index contributed by atoms with van der Waals surface area (Å²) in [6.07, 6.45) is 6.36. The van der Waals surface area contributed by atoms with Gasteiger partial charge in [-0.15, -0.1) is 11.3 Å². The molecule has 1 aliphatic rings. The third-order valence-electron chi connectivity index (χ3n) is 5.14. The van der Waals surface area contributed by atoms with E-state index >= 15 is 0 Å². The van der Waals surface area contributed by atoms with E-state index in [0.29, 0.717) is 22.6 Å². The van der Waals surface area contributed by atoms with Crippen LogP contribution in [0.1, 0.15) is 22.4 Å². The van der Waals surface area contributed by atoms with Crippen LogP contribution < -0.4 is 11.2 Å². The topological polar surface area (TPSA) is 56.9 Å². The standard InChI is InChI=1S/C21H16ClN3O2S/c22-14-6-8-15(9-7-14)25-19(26)18-16-4-1-5-17(16)28-20(18)24(21(25)27)12-13-3-2-10-23-11-13/h2-3,6-11H,1,4-5,12H2. The summed E-state index contributed by atoms with van der Waals surface area (Å²) in [7, 11) is 0. The molecule has 0 unspecified atom stereocenters. The number of fused-ring (bicyclic) bond motifs is 3. The molecule has 0 amide bonds.